The van der Waals surface area contributed by atoms with Gasteiger partial charge >= 0.3 is 6.09 Å². The molecule has 0 saturated carbocycles. The highest BCUT2D eigenvalue weighted by atomic mass is 16.7. The number of carbonyl (C=O) groups excluding carboxylic acids is 1. The average Bonchev–Trinajstić information content (AvgIpc) is 2.83. The van der Waals surface area contributed by atoms with Crippen LogP contribution in [0, 0.1) is 0 Å². The Morgan fingerprint density at radius 3 is 2.46 bits per heavy atom. The molecule has 2 atom stereocenters. The van der Waals surface area contributed by atoms with Crippen molar-refractivity contribution in [1.82, 2.24) is 4.90 Å². The maximum atomic E-state index is 12.7. The van der Waals surface area contributed by atoms with Crippen LogP contribution in [0.5, 0.6) is 0 Å². The molecule has 5 heteroatoms. The van der Waals surface area contributed by atoms with E-state index in [0.717, 1.165) is 5.56 Å². The summed E-state index contributed by atoms with van der Waals surface area (Å²) in [4.78, 5) is 14.4. The number of hydrogen-bond acceptors (Lipinski definition) is 4. The Kier molecular flexibility index (Phi) is 5.56. The number of carbonyl (C=O) groups is 1. The van der Waals surface area contributed by atoms with Gasteiger partial charge in [-0.2, -0.15) is 0 Å². The number of hydrogen-bond donors (Lipinski definition) is 0. The fourth-order valence-corrected chi connectivity index (χ4v) is 2.63. The predicted molar refractivity (Wildman–Crippen MR) is 92.6 cm³/mol. The van der Waals surface area contributed by atoms with E-state index in [1.54, 1.807) is 4.90 Å². The summed E-state index contributed by atoms with van der Waals surface area (Å²) in [6.45, 7) is 12.3. The molecule has 0 bridgehead atoms. The standard InChI is InChI=1S/C19H29NO4/c1-14(16-13-22-19(5,6)23-16)20(17(21)24-18(2,3)4)12-15-10-8-7-9-11-15/h7-11,14,16H,12-13H2,1-6H3/t14-,16+/m0/s1. The summed E-state index contributed by atoms with van der Waals surface area (Å²) in [5.74, 6) is -0.620. The van der Waals surface area contributed by atoms with Crippen LogP contribution in [0.3, 0.4) is 0 Å². The maximum Gasteiger partial charge on any atom is 0.410 e. The van der Waals surface area contributed by atoms with Crippen LogP contribution in [-0.4, -0.2) is 41.1 Å². The topological polar surface area (TPSA) is 48.0 Å². The zero-order valence-electron chi connectivity index (χ0n) is 15.5. The largest absolute Gasteiger partial charge is 0.444 e. The van der Waals surface area contributed by atoms with Gasteiger partial charge in [0, 0.05) is 6.54 Å². The molecule has 2 rings (SSSR count). The summed E-state index contributed by atoms with van der Waals surface area (Å²) in [5, 5.41) is 0. The summed E-state index contributed by atoms with van der Waals surface area (Å²) in [7, 11) is 0. The van der Waals surface area contributed by atoms with Crippen molar-refractivity contribution in [2.45, 2.75) is 71.6 Å². The van der Waals surface area contributed by atoms with Crippen LogP contribution in [0.1, 0.15) is 47.1 Å². The molecule has 1 aromatic carbocycles. The van der Waals surface area contributed by atoms with Gasteiger partial charge in [-0.1, -0.05) is 30.3 Å². The summed E-state index contributed by atoms with van der Waals surface area (Å²) in [5.41, 5.74) is 0.506. The van der Waals surface area contributed by atoms with Crippen LogP contribution in [0.15, 0.2) is 30.3 Å². The second kappa shape index (κ2) is 7.11. The molecule has 0 radical (unpaired) electrons. The van der Waals surface area contributed by atoms with Gasteiger partial charge in [0.1, 0.15) is 11.7 Å². The fourth-order valence-electron chi connectivity index (χ4n) is 2.63. The zero-order chi connectivity index (χ0) is 18.0. The Balaban J connectivity index is 2.17. The third-order valence-corrected chi connectivity index (χ3v) is 3.88. The predicted octanol–water partition coefficient (Wildman–Crippen LogP) is 3.96. The van der Waals surface area contributed by atoms with Crippen LogP contribution in [0.2, 0.25) is 0 Å². The van der Waals surface area contributed by atoms with Crippen molar-refractivity contribution >= 4 is 6.09 Å². The first-order valence-corrected chi connectivity index (χ1v) is 8.43. The van der Waals surface area contributed by atoms with Crippen molar-refractivity contribution in [3.63, 3.8) is 0 Å². The van der Waals surface area contributed by atoms with Gasteiger partial charge < -0.3 is 14.2 Å². The highest BCUT2D eigenvalue weighted by Gasteiger charge is 2.40. The average molecular weight is 335 g/mol. The van der Waals surface area contributed by atoms with E-state index in [1.165, 1.54) is 0 Å². The lowest BCUT2D eigenvalue weighted by Gasteiger charge is -2.34. The van der Waals surface area contributed by atoms with E-state index in [-0.39, 0.29) is 18.2 Å². The number of amides is 1. The molecule has 0 N–H and O–H groups in total. The van der Waals surface area contributed by atoms with Crippen LogP contribution < -0.4 is 0 Å². The molecule has 0 spiro atoms. The Bertz CT molecular complexity index is 550. The molecule has 0 aromatic heterocycles. The lowest BCUT2D eigenvalue weighted by molar-refractivity contribution is -0.145. The van der Waals surface area contributed by atoms with Gasteiger partial charge in [0.05, 0.1) is 12.6 Å². The minimum atomic E-state index is -0.620. The normalized spacial score (nSPS) is 21.3. The molecule has 1 heterocycles. The fraction of sp³-hybridized carbons (Fsp3) is 0.632. The SMILES string of the molecule is C[C@@H]([C@H]1COC(C)(C)O1)N(Cc1ccccc1)C(=O)OC(C)(C)C. The minimum Gasteiger partial charge on any atom is -0.444 e. The van der Waals surface area contributed by atoms with Crippen LogP contribution in [0.4, 0.5) is 4.79 Å². The molecule has 1 aliphatic heterocycles. The van der Waals surface area contributed by atoms with E-state index in [9.17, 15) is 4.79 Å². The van der Waals surface area contributed by atoms with Crippen LogP contribution in [0.25, 0.3) is 0 Å². The lowest BCUT2D eigenvalue weighted by atomic mass is 10.1. The Hall–Kier alpha value is -1.59. The summed E-state index contributed by atoms with van der Waals surface area (Å²) in [6.07, 6.45) is -0.525. The third-order valence-electron chi connectivity index (χ3n) is 3.88. The first-order chi connectivity index (χ1) is 11.1. The second-order valence-corrected chi connectivity index (χ2v) is 7.70. The van der Waals surface area contributed by atoms with E-state index >= 15 is 0 Å². The molecule has 1 fully saturated rings. The summed E-state index contributed by atoms with van der Waals surface area (Å²) < 4.78 is 17.2. The first kappa shape index (κ1) is 18.7. The van der Waals surface area contributed by atoms with Gasteiger partial charge in [-0.25, -0.2) is 4.79 Å². The Morgan fingerprint density at radius 2 is 1.96 bits per heavy atom. The molecule has 1 aliphatic rings. The van der Waals surface area contributed by atoms with Crippen molar-refractivity contribution in [2.75, 3.05) is 6.61 Å². The molecule has 5 nitrogen and oxygen atoms in total. The number of ether oxygens (including phenoxy) is 3. The van der Waals surface area contributed by atoms with Gasteiger partial charge in [-0.3, -0.25) is 4.90 Å². The highest BCUT2D eigenvalue weighted by Crippen LogP contribution is 2.27. The van der Waals surface area contributed by atoms with E-state index in [2.05, 4.69) is 0 Å². The van der Waals surface area contributed by atoms with Gasteiger partial charge in [-0.15, -0.1) is 0 Å². The van der Waals surface area contributed by atoms with Gasteiger partial charge in [-0.05, 0) is 47.1 Å². The van der Waals surface area contributed by atoms with E-state index in [4.69, 9.17) is 14.2 Å². The summed E-state index contributed by atoms with van der Waals surface area (Å²) in [6, 6.07) is 9.72. The van der Waals surface area contributed by atoms with Crippen molar-refractivity contribution in [1.29, 1.82) is 0 Å². The number of nitrogens with zero attached hydrogens (tertiary/aromatic N) is 1. The van der Waals surface area contributed by atoms with E-state index < -0.39 is 11.4 Å². The smallest absolute Gasteiger partial charge is 0.410 e. The number of benzene rings is 1. The molecule has 1 saturated heterocycles. The van der Waals surface area contributed by atoms with E-state index in [0.29, 0.717) is 13.2 Å². The third kappa shape index (κ3) is 5.21. The lowest BCUT2D eigenvalue weighted by Crippen LogP contribution is -2.48. The molecular formula is C19H29NO4. The zero-order valence-corrected chi connectivity index (χ0v) is 15.5. The van der Waals surface area contributed by atoms with Crippen LogP contribution >= 0.6 is 0 Å². The van der Waals surface area contributed by atoms with Crippen LogP contribution in [-0.2, 0) is 20.8 Å². The van der Waals surface area contributed by atoms with E-state index in [1.807, 2.05) is 71.9 Å². The molecule has 1 aromatic rings. The highest BCUT2D eigenvalue weighted by molar-refractivity contribution is 5.68. The Labute approximate surface area is 144 Å². The monoisotopic (exact) mass is 335 g/mol. The second-order valence-electron chi connectivity index (χ2n) is 7.70. The first-order valence-electron chi connectivity index (χ1n) is 8.43. The Morgan fingerprint density at radius 1 is 1.33 bits per heavy atom. The minimum absolute atomic E-state index is 0.165. The number of rotatable bonds is 4. The molecule has 24 heavy (non-hydrogen) atoms. The summed E-state index contributed by atoms with van der Waals surface area (Å²) >= 11 is 0. The molecule has 1 amide bonds. The van der Waals surface area contributed by atoms with Gasteiger partial charge in [0.2, 0.25) is 0 Å². The van der Waals surface area contributed by atoms with Crippen molar-refractivity contribution in [2.24, 2.45) is 0 Å². The molecular weight excluding hydrogens is 306 g/mol. The molecule has 0 unspecified atom stereocenters. The quantitative estimate of drug-likeness (QED) is 0.835. The van der Waals surface area contributed by atoms with Crippen molar-refractivity contribution in [3.8, 4) is 0 Å². The van der Waals surface area contributed by atoms with Gasteiger partial charge in [0.15, 0.2) is 5.79 Å². The molecule has 134 valence electrons. The molecule has 0 aliphatic carbocycles. The van der Waals surface area contributed by atoms with Crippen molar-refractivity contribution < 1.29 is 19.0 Å². The van der Waals surface area contributed by atoms with Gasteiger partial charge in [0.25, 0.3) is 0 Å². The maximum absolute atomic E-state index is 12.7. The van der Waals surface area contributed by atoms with Crippen molar-refractivity contribution in [3.05, 3.63) is 35.9 Å².